The van der Waals surface area contributed by atoms with Crippen LogP contribution in [0.3, 0.4) is 0 Å². The summed E-state index contributed by atoms with van der Waals surface area (Å²) >= 11 is 0. The van der Waals surface area contributed by atoms with Crippen LogP contribution in [-0.4, -0.2) is 39.8 Å². The molecule has 7 heteroatoms. The molecule has 2 aromatic carbocycles. The van der Waals surface area contributed by atoms with Crippen molar-refractivity contribution >= 4 is 17.6 Å². The van der Waals surface area contributed by atoms with Gasteiger partial charge < -0.3 is 24.3 Å². The molecule has 144 valence electrons. The first kappa shape index (κ1) is 20.1. The van der Waals surface area contributed by atoms with Crippen molar-refractivity contribution in [2.24, 2.45) is 0 Å². The molecule has 27 heavy (non-hydrogen) atoms. The molecule has 1 N–H and O–H groups in total. The van der Waals surface area contributed by atoms with Crippen molar-refractivity contribution in [3.63, 3.8) is 0 Å². The molecule has 0 unspecified atom stereocenters. The van der Waals surface area contributed by atoms with Gasteiger partial charge in [0.25, 0.3) is 5.91 Å². The van der Waals surface area contributed by atoms with Crippen molar-refractivity contribution in [1.29, 1.82) is 0 Å². The Morgan fingerprint density at radius 3 is 2.04 bits per heavy atom. The van der Waals surface area contributed by atoms with E-state index >= 15 is 0 Å². The van der Waals surface area contributed by atoms with Gasteiger partial charge in [0.2, 0.25) is 0 Å². The van der Waals surface area contributed by atoms with Crippen LogP contribution in [0.1, 0.15) is 21.5 Å². The molecule has 0 atom stereocenters. The van der Waals surface area contributed by atoms with Crippen LogP contribution >= 0.6 is 0 Å². The maximum absolute atomic E-state index is 12.3. The van der Waals surface area contributed by atoms with Crippen LogP contribution in [0.4, 0.5) is 5.69 Å². The quantitative estimate of drug-likeness (QED) is 0.751. The lowest BCUT2D eigenvalue weighted by atomic mass is 10.1. The normalized spacial score (nSPS) is 10.1. The summed E-state index contributed by atoms with van der Waals surface area (Å²) in [5.74, 6) is 0.286. The third-order valence-electron chi connectivity index (χ3n) is 3.77. The fourth-order valence-corrected chi connectivity index (χ4v) is 2.61. The summed E-state index contributed by atoms with van der Waals surface area (Å²) in [7, 11) is 4.17. The number of carbonyl (C=O) groups excluding carboxylic acids is 2. The van der Waals surface area contributed by atoms with E-state index in [-0.39, 0.29) is 17.9 Å². The smallest absolute Gasteiger partial charge is 0.340 e. The van der Waals surface area contributed by atoms with E-state index < -0.39 is 11.9 Å². The minimum Gasteiger partial charge on any atom is -0.493 e. The minimum atomic E-state index is -0.610. The summed E-state index contributed by atoms with van der Waals surface area (Å²) in [5, 5.41) is 2.65. The number of nitrogens with one attached hydrogen (secondary N) is 1. The molecule has 0 aliphatic carbocycles. The van der Waals surface area contributed by atoms with Crippen molar-refractivity contribution in [1.82, 2.24) is 0 Å². The van der Waals surface area contributed by atoms with Crippen molar-refractivity contribution in [2.45, 2.75) is 13.8 Å². The standard InChI is InChI=1S/C20H23NO6/c1-12-6-13(2)8-14(7-12)27-11-19(22)21-16-10-18(25-4)17(24-3)9-15(16)20(23)26-5/h6-10H,11H2,1-5H3,(H,21,22). The van der Waals surface area contributed by atoms with Crippen LogP contribution in [0.25, 0.3) is 0 Å². The van der Waals surface area contributed by atoms with Gasteiger partial charge in [0.05, 0.1) is 32.6 Å². The minimum absolute atomic E-state index is 0.148. The second-order valence-electron chi connectivity index (χ2n) is 5.90. The fourth-order valence-electron chi connectivity index (χ4n) is 2.61. The van der Waals surface area contributed by atoms with Crippen LogP contribution in [-0.2, 0) is 9.53 Å². The first-order valence-corrected chi connectivity index (χ1v) is 8.23. The highest BCUT2D eigenvalue weighted by atomic mass is 16.5. The summed E-state index contributed by atoms with van der Waals surface area (Å²) in [6, 6.07) is 8.65. The Bertz CT molecular complexity index is 826. The molecule has 0 saturated heterocycles. The van der Waals surface area contributed by atoms with Gasteiger partial charge in [-0.3, -0.25) is 4.79 Å². The van der Waals surface area contributed by atoms with Crippen molar-refractivity contribution in [3.8, 4) is 17.2 Å². The van der Waals surface area contributed by atoms with E-state index in [2.05, 4.69) is 5.32 Å². The molecule has 0 aromatic heterocycles. The molecule has 0 bridgehead atoms. The maximum atomic E-state index is 12.3. The molecule has 1 amide bonds. The lowest BCUT2D eigenvalue weighted by Crippen LogP contribution is -2.22. The number of rotatable bonds is 7. The molecule has 0 aliphatic rings. The molecular formula is C20H23NO6. The number of hydrogen-bond acceptors (Lipinski definition) is 6. The first-order chi connectivity index (χ1) is 12.9. The third-order valence-corrected chi connectivity index (χ3v) is 3.77. The van der Waals surface area contributed by atoms with Crippen LogP contribution in [0, 0.1) is 13.8 Å². The van der Waals surface area contributed by atoms with E-state index in [4.69, 9.17) is 18.9 Å². The largest absolute Gasteiger partial charge is 0.493 e. The Balaban J connectivity index is 2.19. The zero-order chi connectivity index (χ0) is 20.0. The number of carbonyl (C=O) groups is 2. The van der Waals surface area contributed by atoms with Gasteiger partial charge in [-0.1, -0.05) is 6.07 Å². The number of ether oxygens (including phenoxy) is 4. The number of aryl methyl sites for hydroxylation is 2. The van der Waals surface area contributed by atoms with E-state index in [0.29, 0.717) is 17.2 Å². The topological polar surface area (TPSA) is 83.1 Å². The van der Waals surface area contributed by atoms with Gasteiger partial charge >= 0.3 is 5.97 Å². The number of hydrogen-bond donors (Lipinski definition) is 1. The maximum Gasteiger partial charge on any atom is 0.340 e. The Labute approximate surface area is 158 Å². The number of methoxy groups -OCH3 is 3. The summed E-state index contributed by atoms with van der Waals surface area (Å²) in [6.45, 7) is 3.69. The van der Waals surface area contributed by atoms with E-state index in [1.54, 1.807) is 0 Å². The molecule has 0 fully saturated rings. The molecule has 0 saturated carbocycles. The highest BCUT2D eigenvalue weighted by Crippen LogP contribution is 2.33. The Kier molecular flexibility index (Phi) is 6.65. The van der Waals surface area contributed by atoms with Gasteiger partial charge in [-0.15, -0.1) is 0 Å². The van der Waals surface area contributed by atoms with Crippen molar-refractivity contribution in [2.75, 3.05) is 33.3 Å². The van der Waals surface area contributed by atoms with Crippen LogP contribution < -0.4 is 19.5 Å². The van der Waals surface area contributed by atoms with E-state index in [1.165, 1.54) is 33.5 Å². The number of anilines is 1. The van der Waals surface area contributed by atoms with Gasteiger partial charge in [0, 0.05) is 12.1 Å². The fraction of sp³-hybridized carbons (Fsp3) is 0.300. The SMILES string of the molecule is COC(=O)c1cc(OC)c(OC)cc1NC(=O)COc1cc(C)cc(C)c1. The summed E-state index contributed by atoms with van der Waals surface area (Å²) < 4.78 is 20.7. The van der Waals surface area contributed by atoms with Crippen LogP contribution in [0.15, 0.2) is 30.3 Å². The van der Waals surface area contributed by atoms with Crippen molar-refractivity contribution < 1.29 is 28.5 Å². The van der Waals surface area contributed by atoms with Gasteiger partial charge in [-0.25, -0.2) is 4.79 Å². The first-order valence-electron chi connectivity index (χ1n) is 8.23. The Morgan fingerprint density at radius 1 is 0.889 bits per heavy atom. The zero-order valence-electron chi connectivity index (χ0n) is 16.0. The van der Waals surface area contributed by atoms with Gasteiger partial charge in [-0.05, 0) is 37.1 Å². The summed E-state index contributed by atoms with van der Waals surface area (Å²) in [4.78, 5) is 24.3. The lowest BCUT2D eigenvalue weighted by molar-refractivity contribution is -0.118. The molecular weight excluding hydrogens is 350 g/mol. The molecule has 2 rings (SSSR count). The second kappa shape index (κ2) is 8.93. The monoisotopic (exact) mass is 373 g/mol. The number of amides is 1. The third kappa shape index (κ3) is 5.13. The molecule has 2 aromatic rings. The highest BCUT2D eigenvalue weighted by Gasteiger charge is 2.19. The predicted octanol–water partition coefficient (Wildman–Crippen LogP) is 3.12. The second-order valence-corrected chi connectivity index (χ2v) is 5.90. The molecule has 0 heterocycles. The van der Waals surface area contributed by atoms with E-state index in [0.717, 1.165) is 11.1 Å². The van der Waals surface area contributed by atoms with Gasteiger partial charge in [0.15, 0.2) is 18.1 Å². The van der Waals surface area contributed by atoms with Gasteiger partial charge in [-0.2, -0.15) is 0 Å². The van der Waals surface area contributed by atoms with Crippen LogP contribution in [0.2, 0.25) is 0 Å². The summed E-state index contributed by atoms with van der Waals surface area (Å²) in [5.41, 5.74) is 2.47. The number of benzene rings is 2. The predicted molar refractivity (Wildman–Crippen MR) is 101 cm³/mol. The van der Waals surface area contributed by atoms with Crippen molar-refractivity contribution in [3.05, 3.63) is 47.0 Å². The molecule has 0 spiro atoms. The molecule has 0 aliphatic heterocycles. The lowest BCUT2D eigenvalue weighted by Gasteiger charge is -2.15. The average Bonchev–Trinajstić information content (AvgIpc) is 2.64. The Hall–Kier alpha value is -3.22. The average molecular weight is 373 g/mol. The summed E-state index contributed by atoms with van der Waals surface area (Å²) in [6.07, 6.45) is 0. The highest BCUT2D eigenvalue weighted by molar-refractivity contribution is 6.02. The number of esters is 1. The van der Waals surface area contributed by atoms with Crippen LogP contribution in [0.5, 0.6) is 17.2 Å². The van der Waals surface area contributed by atoms with E-state index in [1.807, 2.05) is 32.0 Å². The van der Waals surface area contributed by atoms with E-state index in [9.17, 15) is 9.59 Å². The Morgan fingerprint density at radius 2 is 1.48 bits per heavy atom. The van der Waals surface area contributed by atoms with Gasteiger partial charge in [0.1, 0.15) is 5.75 Å². The molecule has 7 nitrogen and oxygen atoms in total. The molecule has 0 radical (unpaired) electrons. The zero-order valence-corrected chi connectivity index (χ0v) is 16.0.